The molecule has 0 spiro atoms. The average molecular weight is 619 g/mol. The number of anilines is 2. The Balaban J connectivity index is 1.68. The summed E-state index contributed by atoms with van der Waals surface area (Å²) in [5.74, 6) is -0.702. The van der Waals surface area contributed by atoms with Crippen molar-refractivity contribution in [2.24, 2.45) is 0 Å². The molecule has 4 heterocycles. The van der Waals surface area contributed by atoms with Crippen molar-refractivity contribution in [3.63, 3.8) is 0 Å². The van der Waals surface area contributed by atoms with E-state index in [9.17, 15) is 14.4 Å². The van der Waals surface area contributed by atoms with Gasteiger partial charge in [-0.3, -0.25) is 9.59 Å². The van der Waals surface area contributed by atoms with Crippen LogP contribution in [0.3, 0.4) is 0 Å². The molecule has 2 aromatic carbocycles. The number of piperazine rings is 1. The maximum Gasteiger partial charge on any atom is 0.355 e. The third kappa shape index (κ3) is 5.16. The van der Waals surface area contributed by atoms with E-state index in [-0.39, 0.29) is 51.1 Å². The number of nitrogens with zero attached hydrogens (tertiary/aromatic N) is 5. The summed E-state index contributed by atoms with van der Waals surface area (Å²) in [5.41, 5.74) is 1.46. The third-order valence-corrected chi connectivity index (χ3v) is 8.96. The number of hydrogen-bond donors (Lipinski definition) is 1. The second-order valence-electron chi connectivity index (χ2n) is 10.6. The monoisotopic (exact) mass is 618 g/mol. The lowest BCUT2D eigenvalue weighted by molar-refractivity contribution is -0.126. The first-order valence-corrected chi connectivity index (χ1v) is 15.2. The van der Waals surface area contributed by atoms with E-state index in [2.05, 4.69) is 16.9 Å². The summed E-state index contributed by atoms with van der Waals surface area (Å²) in [6.07, 6.45) is 1.28. The first-order valence-electron chi connectivity index (χ1n) is 13.8. The first-order chi connectivity index (χ1) is 20.7. The van der Waals surface area contributed by atoms with Gasteiger partial charge < -0.3 is 15.1 Å². The number of amides is 2. The van der Waals surface area contributed by atoms with Crippen molar-refractivity contribution in [1.82, 2.24) is 19.4 Å². The van der Waals surface area contributed by atoms with Crippen LogP contribution >= 0.6 is 23.4 Å². The summed E-state index contributed by atoms with van der Waals surface area (Å²) in [4.78, 5) is 53.1. The maximum absolute atomic E-state index is 15.5. The highest BCUT2D eigenvalue weighted by molar-refractivity contribution is 8.00. The van der Waals surface area contributed by atoms with Crippen molar-refractivity contribution < 1.29 is 14.0 Å². The van der Waals surface area contributed by atoms with Gasteiger partial charge in [0.15, 0.2) is 5.65 Å². The smallest absolute Gasteiger partial charge is 0.352 e. The molecule has 2 aromatic heterocycles. The first kappa shape index (κ1) is 28.9. The van der Waals surface area contributed by atoms with Crippen LogP contribution in [-0.4, -0.2) is 63.2 Å². The van der Waals surface area contributed by atoms with E-state index in [4.69, 9.17) is 16.6 Å². The number of halogens is 2. The largest absolute Gasteiger partial charge is 0.355 e. The summed E-state index contributed by atoms with van der Waals surface area (Å²) in [7, 11) is 0. The summed E-state index contributed by atoms with van der Waals surface area (Å²) < 4.78 is 16.9. The van der Waals surface area contributed by atoms with E-state index in [1.807, 2.05) is 36.9 Å². The molecular formula is C31H28ClFN6O3S. The summed E-state index contributed by atoms with van der Waals surface area (Å²) in [6, 6.07) is 11.7. The van der Waals surface area contributed by atoms with Gasteiger partial charge >= 0.3 is 5.69 Å². The van der Waals surface area contributed by atoms with E-state index in [1.165, 1.54) is 34.5 Å². The molecule has 6 rings (SSSR count). The second-order valence-corrected chi connectivity index (χ2v) is 12.0. The van der Waals surface area contributed by atoms with Crippen LogP contribution in [0, 0.1) is 5.82 Å². The van der Waals surface area contributed by atoms with Gasteiger partial charge in [-0.05, 0) is 41.8 Å². The number of carbonyl (C=O) groups is 2. The molecule has 1 N–H and O–H groups in total. The molecule has 1 fully saturated rings. The lowest BCUT2D eigenvalue weighted by atomic mass is 10.0. The minimum Gasteiger partial charge on any atom is -0.352 e. The number of carbonyl (C=O) groups excluding carboxylic acids is 2. The van der Waals surface area contributed by atoms with Crippen LogP contribution in [0.2, 0.25) is 5.02 Å². The number of aromatic nitrogens is 3. The zero-order chi connectivity index (χ0) is 30.4. The van der Waals surface area contributed by atoms with Gasteiger partial charge in [0.2, 0.25) is 11.8 Å². The summed E-state index contributed by atoms with van der Waals surface area (Å²) in [6.45, 7) is 9.31. The minimum absolute atomic E-state index is 0.0133. The molecule has 2 aliphatic rings. The maximum atomic E-state index is 15.5. The van der Waals surface area contributed by atoms with Crippen molar-refractivity contribution >= 4 is 57.7 Å². The molecule has 2 amide bonds. The van der Waals surface area contributed by atoms with Crippen LogP contribution in [0.5, 0.6) is 0 Å². The standard InChI is InChI=1S/C31H28ClFN6O3S/c1-4-25(41)37-11-13-38(14-12-37)29-19-15-20(32)27-26-21(33)8-6-9-22(26)34-24(40)16-43-23-10-5-7-18(17(2)3)28(23)39(30(19)35-27)31(42)36-29/h4-10,15,17H,1,11-14,16H2,2-3H3,(H,34,40). The third-order valence-electron chi connectivity index (χ3n) is 7.63. The van der Waals surface area contributed by atoms with Crippen LogP contribution in [-0.2, 0) is 9.59 Å². The van der Waals surface area contributed by atoms with Crippen LogP contribution in [0.15, 0.2) is 64.8 Å². The number of nitrogens with one attached hydrogen (secondary N) is 1. The molecule has 9 nitrogen and oxygen atoms in total. The Labute approximate surface area is 256 Å². The van der Waals surface area contributed by atoms with Crippen molar-refractivity contribution in [2.75, 3.05) is 42.1 Å². The number of pyridine rings is 1. The number of thioether (sulfide) groups is 1. The predicted octanol–water partition coefficient (Wildman–Crippen LogP) is 5.24. The molecule has 220 valence electrons. The Morgan fingerprint density at radius 2 is 1.86 bits per heavy atom. The highest BCUT2D eigenvalue weighted by atomic mass is 35.5. The Kier molecular flexibility index (Phi) is 7.70. The molecule has 43 heavy (non-hydrogen) atoms. The van der Waals surface area contributed by atoms with Crippen LogP contribution in [0.25, 0.3) is 28.0 Å². The van der Waals surface area contributed by atoms with Crippen molar-refractivity contribution in [3.05, 3.63) is 82.0 Å². The SMILES string of the molecule is C=CC(=O)N1CCN(c2nc(=O)n3c4nc(c(Cl)cc24)-c2c(F)cccc2NC(=O)CSc2cccc(C(C)C)c2-3)CC1. The van der Waals surface area contributed by atoms with E-state index in [0.29, 0.717) is 48.0 Å². The second kappa shape index (κ2) is 11.5. The summed E-state index contributed by atoms with van der Waals surface area (Å²) in [5, 5.41) is 3.45. The molecule has 0 aliphatic carbocycles. The molecule has 2 bridgehead atoms. The molecule has 0 atom stereocenters. The molecule has 1 saturated heterocycles. The lowest BCUT2D eigenvalue weighted by Gasteiger charge is -2.35. The Morgan fingerprint density at radius 3 is 2.58 bits per heavy atom. The number of fused-ring (bicyclic) bond motifs is 5. The number of hydrogen-bond acceptors (Lipinski definition) is 7. The predicted molar refractivity (Wildman–Crippen MR) is 168 cm³/mol. The fraction of sp³-hybridized carbons (Fsp3) is 0.258. The van der Waals surface area contributed by atoms with Gasteiger partial charge in [0.1, 0.15) is 11.6 Å². The molecule has 0 saturated carbocycles. The van der Waals surface area contributed by atoms with Gasteiger partial charge in [-0.1, -0.05) is 50.2 Å². The summed E-state index contributed by atoms with van der Waals surface area (Å²) >= 11 is 8.11. The van der Waals surface area contributed by atoms with E-state index in [0.717, 1.165) is 5.56 Å². The zero-order valence-electron chi connectivity index (χ0n) is 23.6. The quantitative estimate of drug-likeness (QED) is 0.313. The van der Waals surface area contributed by atoms with Gasteiger partial charge in [-0.15, -0.1) is 11.8 Å². The highest BCUT2D eigenvalue weighted by Gasteiger charge is 2.28. The number of para-hydroxylation sites is 1. The molecule has 0 radical (unpaired) electrons. The fourth-order valence-corrected chi connectivity index (χ4v) is 6.68. The van der Waals surface area contributed by atoms with Crippen molar-refractivity contribution in [2.45, 2.75) is 24.7 Å². The topological polar surface area (TPSA) is 100 Å². The van der Waals surface area contributed by atoms with Crippen molar-refractivity contribution in [1.29, 1.82) is 0 Å². The minimum atomic E-state index is -0.620. The zero-order valence-corrected chi connectivity index (χ0v) is 25.1. The normalized spacial score (nSPS) is 15.0. The molecule has 2 aliphatic heterocycles. The van der Waals surface area contributed by atoms with Gasteiger partial charge in [0.25, 0.3) is 0 Å². The molecular weight excluding hydrogens is 591 g/mol. The Morgan fingerprint density at radius 1 is 1.12 bits per heavy atom. The fourth-order valence-electron chi connectivity index (χ4n) is 5.55. The van der Waals surface area contributed by atoms with Gasteiger partial charge in [0.05, 0.1) is 38.8 Å². The number of benzene rings is 2. The van der Waals surface area contributed by atoms with E-state index >= 15 is 4.39 Å². The molecule has 4 aromatic rings. The average Bonchev–Trinajstić information content (AvgIpc) is 2.99. The molecule has 0 unspecified atom stereocenters. The van der Waals surface area contributed by atoms with Gasteiger partial charge in [-0.25, -0.2) is 18.7 Å². The Bertz CT molecular complexity index is 1870. The highest BCUT2D eigenvalue weighted by Crippen LogP contribution is 2.40. The van der Waals surface area contributed by atoms with Crippen LogP contribution in [0.1, 0.15) is 25.3 Å². The molecule has 12 heteroatoms. The van der Waals surface area contributed by atoms with E-state index in [1.54, 1.807) is 17.0 Å². The number of rotatable bonds is 3. The Hall–Kier alpha value is -4.22. The van der Waals surface area contributed by atoms with Crippen LogP contribution in [0.4, 0.5) is 15.9 Å². The van der Waals surface area contributed by atoms with Gasteiger partial charge in [-0.2, -0.15) is 4.98 Å². The van der Waals surface area contributed by atoms with Crippen LogP contribution < -0.4 is 15.9 Å². The van der Waals surface area contributed by atoms with E-state index < -0.39 is 11.5 Å². The van der Waals surface area contributed by atoms with Gasteiger partial charge in [0, 0.05) is 31.1 Å². The lowest BCUT2D eigenvalue weighted by Crippen LogP contribution is -2.49. The van der Waals surface area contributed by atoms with Crippen molar-refractivity contribution in [3.8, 4) is 16.9 Å².